The van der Waals surface area contributed by atoms with Crippen molar-refractivity contribution in [1.29, 1.82) is 0 Å². The zero-order chi connectivity index (χ0) is 9.90. The summed E-state index contributed by atoms with van der Waals surface area (Å²) in [5.41, 5.74) is 0. The summed E-state index contributed by atoms with van der Waals surface area (Å²) in [7, 11) is -3.24. The molecule has 0 fully saturated rings. The van der Waals surface area contributed by atoms with Crippen molar-refractivity contribution in [2.24, 2.45) is 0 Å². The fourth-order valence-electron chi connectivity index (χ4n) is 0.591. The third-order valence-electron chi connectivity index (χ3n) is 1.14. The van der Waals surface area contributed by atoms with Crippen molar-refractivity contribution in [3.05, 3.63) is 16.4 Å². The first-order chi connectivity index (χ1) is 6.03. The van der Waals surface area contributed by atoms with Gasteiger partial charge < -0.3 is 4.52 Å². The van der Waals surface area contributed by atoms with E-state index < -0.39 is 10.0 Å². The highest BCUT2D eigenvalue weighted by atomic mass is 79.9. The fraction of sp³-hybridized carbons (Fsp3) is 0.400. The number of nitrogens with one attached hydrogen (secondary N) is 1. The van der Waals surface area contributed by atoms with Crippen molar-refractivity contribution in [3.63, 3.8) is 0 Å². The number of aromatic nitrogens is 1. The van der Waals surface area contributed by atoms with Gasteiger partial charge in [-0.25, -0.2) is 13.1 Å². The molecule has 0 aliphatic heterocycles. The minimum absolute atomic E-state index is 0.104. The van der Waals surface area contributed by atoms with Crippen molar-refractivity contribution in [1.82, 2.24) is 9.88 Å². The van der Waals surface area contributed by atoms with Gasteiger partial charge in [-0.2, -0.15) is 0 Å². The molecule has 0 saturated carbocycles. The number of hydrogen-bond donors (Lipinski definition) is 1. The molecule has 0 unspecified atom stereocenters. The highest BCUT2D eigenvalue weighted by Crippen LogP contribution is 2.09. The second kappa shape index (κ2) is 4.54. The van der Waals surface area contributed by atoms with Crippen molar-refractivity contribution in [2.45, 2.75) is 6.54 Å². The molecule has 0 amide bonds. The van der Waals surface area contributed by atoms with Crippen molar-refractivity contribution >= 4 is 41.9 Å². The number of rotatable bonds is 4. The topological polar surface area (TPSA) is 72.2 Å². The molecule has 1 aromatic rings. The van der Waals surface area contributed by atoms with Gasteiger partial charge in [-0.1, -0.05) is 21.1 Å². The highest BCUT2D eigenvalue weighted by molar-refractivity contribution is 9.10. The van der Waals surface area contributed by atoms with Gasteiger partial charge in [0.2, 0.25) is 10.0 Å². The van der Waals surface area contributed by atoms with E-state index >= 15 is 0 Å². The molecule has 0 aromatic carbocycles. The van der Waals surface area contributed by atoms with Crippen LogP contribution in [-0.4, -0.2) is 18.2 Å². The summed E-state index contributed by atoms with van der Waals surface area (Å²) in [5, 5.41) is 3.54. The molecular formula is C5H6Br2N2O3S. The smallest absolute Gasteiger partial charge is 0.222 e. The molecule has 1 aromatic heterocycles. The van der Waals surface area contributed by atoms with Gasteiger partial charge in [0.15, 0.2) is 5.76 Å². The SMILES string of the molecule is O=S(=O)(CBr)NCc1cc(Br)no1. The van der Waals surface area contributed by atoms with Crippen LogP contribution in [0.1, 0.15) is 5.76 Å². The van der Waals surface area contributed by atoms with Gasteiger partial charge in [0.1, 0.15) is 9.27 Å². The lowest BCUT2D eigenvalue weighted by molar-refractivity contribution is 0.377. The van der Waals surface area contributed by atoms with Gasteiger partial charge in [0.25, 0.3) is 0 Å². The first-order valence-corrected chi connectivity index (χ1v) is 6.74. The Morgan fingerprint density at radius 1 is 1.62 bits per heavy atom. The Balaban J connectivity index is 2.53. The number of sulfonamides is 1. The molecule has 0 atom stereocenters. The Hall–Kier alpha value is 0.0800. The standard InChI is InChI=1S/C5H6Br2N2O3S/c6-3-13(10,11)8-2-4-1-5(7)9-12-4/h1,8H,2-3H2. The minimum Gasteiger partial charge on any atom is -0.359 e. The molecule has 1 heterocycles. The maximum atomic E-state index is 10.9. The maximum absolute atomic E-state index is 10.9. The van der Waals surface area contributed by atoms with Crippen molar-refractivity contribution in [3.8, 4) is 0 Å². The second-order valence-corrected chi connectivity index (χ2v) is 6.08. The first-order valence-electron chi connectivity index (χ1n) is 3.18. The van der Waals surface area contributed by atoms with E-state index in [1.165, 1.54) is 0 Å². The van der Waals surface area contributed by atoms with E-state index in [-0.39, 0.29) is 11.2 Å². The molecule has 8 heteroatoms. The molecule has 0 spiro atoms. The molecule has 0 saturated heterocycles. The summed E-state index contributed by atoms with van der Waals surface area (Å²) in [6.07, 6.45) is 0. The lowest BCUT2D eigenvalue weighted by Gasteiger charge is -1.98. The number of alkyl halides is 1. The van der Waals surface area contributed by atoms with Crippen LogP contribution in [-0.2, 0) is 16.6 Å². The van der Waals surface area contributed by atoms with E-state index in [2.05, 4.69) is 41.7 Å². The quantitative estimate of drug-likeness (QED) is 0.841. The summed E-state index contributed by atoms with van der Waals surface area (Å²) in [4.78, 5) is 0. The third-order valence-corrected chi connectivity index (χ3v) is 4.19. The van der Waals surface area contributed by atoms with E-state index in [1.807, 2.05) is 0 Å². The summed E-state index contributed by atoms with van der Waals surface area (Å²) >= 11 is 5.92. The van der Waals surface area contributed by atoms with Crippen LogP contribution in [0.4, 0.5) is 0 Å². The third kappa shape index (κ3) is 3.75. The van der Waals surface area contributed by atoms with Gasteiger partial charge in [0, 0.05) is 6.07 Å². The average Bonchev–Trinajstić information content (AvgIpc) is 2.48. The molecular weight excluding hydrogens is 328 g/mol. The van der Waals surface area contributed by atoms with Gasteiger partial charge in [-0.3, -0.25) is 0 Å². The Labute approximate surface area is 92.2 Å². The number of nitrogens with zero attached hydrogens (tertiary/aromatic N) is 1. The number of halogens is 2. The van der Waals surface area contributed by atoms with Crippen LogP contribution >= 0.6 is 31.9 Å². The molecule has 0 radical (unpaired) electrons. The molecule has 0 aliphatic carbocycles. The van der Waals surface area contributed by atoms with Gasteiger partial charge >= 0.3 is 0 Å². The largest absolute Gasteiger partial charge is 0.359 e. The van der Waals surface area contributed by atoms with Crippen LogP contribution in [0.25, 0.3) is 0 Å². The monoisotopic (exact) mass is 332 g/mol. The Bertz CT molecular complexity index is 375. The van der Waals surface area contributed by atoms with Crippen LogP contribution < -0.4 is 4.72 Å². The molecule has 74 valence electrons. The number of hydrogen-bond acceptors (Lipinski definition) is 4. The lowest BCUT2D eigenvalue weighted by Crippen LogP contribution is -2.23. The highest BCUT2D eigenvalue weighted by Gasteiger charge is 2.09. The molecule has 5 nitrogen and oxygen atoms in total. The Kier molecular flexibility index (Phi) is 3.89. The summed E-state index contributed by atoms with van der Waals surface area (Å²) in [6, 6.07) is 1.59. The first kappa shape index (κ1) is 11.2. The van der Waals surface area contributed by atoms with E-state index in [0.29, 0.717) is 10.4 Å². The predicted molar refractivity (Wildman–Crippen MR) is 53.8 cm³/mol. The van der Waals surface area contributed by atoms with Crippen LogP contribution in [0.15, 0.2) is 15.2 Å². The van der Waals surface area contributed by atoms with Gasteiger partial charge in [-0.15, -0.1) is 0 Å². The van der Waals surface area contributed by atoms with Crippen molar-refractivity contribution in [2.75, 3.05) is 4.66 Å². The summed E-state index contributed by atoms with van der Waals surface area (Å²) in [5.74, 6) is 0.455. The fourth-order valence-corrected chi connectivity index (χ4v) is 1.84. The molecule has 1 N–H and O–H groups in total. The predicted octanol–water partition coefficient (Wildman–Crippen LogP) is 1.21. The maximum Gasteiger partial charge on any atom is 0.222 e. The lowest BCUT2D eigenvalue weighted by atomic mass is 10.5. The zero-order valence-electron chi connectivity index (χ0n) is 6.33. The van der Waals surface area contributed by atoms with Crippen LogP contribution in [0.2, 0.25) is 0 Å². The zero-order valence-corrected chi connectivity index (χ0v) is 10.3. The van der Waals surface area contributed by atoms with Gasteiger partial charge in [-0.05, 0) is 15.9 Å². The Morgan fingerprint density at radius 3 is 2.77 bits per heavy atom. The minimum atomic E-state index is -3.24. The summed E-state index contributed by atoms with van der Waals surface area (Å²) < 4.78 is 29.4. The second-order valence-electron chi connectivity index (χ2n) is 2.16. The van der Waals surface area contributed by atoms with E-state index in [9.17, 15) is 8.42 Å². The van der Waals surface area contributed by atoms with E-state index in [1.54, 1.807) is 6.07 Å². The molecule has 1 rings (SSSR count). The van der Waals surface area contributed by atoms with Crippen molar-refractivity contribution < 1.29 is 12.9 Å². The van der Waals surface area contributed by atoms with E-state index in [0.717, 1.165) is 0 Å². The van der Waals surface area contributed by atoms with Crippen LogP contribution in [0, 0.1) is 0 Å². The molecule has 13 heavy (non-hydrogen) atoms. The van der Waals surface area contributed by atoms with E-state index in [4.69, 9.17) is 4.52 Å². The average molecular weight is 334 g/mol. The van der Waals surface area contributed by atoms with Crippen LogP contribution in [0.5, 0.6) is 0 Å². The Morgan fingerprint density at radius 2 is 2.31 bits per heavy atom. The normalized spacial score (nSPS) is 11.8. The van der Waals surface area contributed by atoms with Crippen LogP contribution in [0.3, 0.4) is 0 Å². The molecule has 0 bridgehead atoms. The van der Waals surface area contributed by atoms with Gasteiger partial charge in [0.05, 0.1) is 6.54 Å². The molecule has 0 aliphatic rings. The summed E-state index contributed by atoms with van der Waals surface area (Å²) in [6.45, 7) is 0.104.